The number of hydrogen-bond acceptors (Lipinski definition) is 1. The predicted octanol–water partition coefficient (Wildman–Crippen LogP) is 4.63. The summed E-state index contributed by atoms with van der Waals surface area (Å²) in [6.07, 6.45) is 0. The normalized spacial score (nSPS) is 10.8. The molecule has 2 aromatic rings. The molecule has 4 heteroatoms. The van der Waals surface area contributed by atoms with Crippen LogP contribution in [-0.4, -0.2) is 0 Å². The summed E-state index contributed by atoms with van der Waals surface area (Å²) in [5.74, 6) is -0.403. The standard InChI is InChI=1S/C16H16BrF2N/c1-10-5-12(6-11(2)16(10)19)8-20-9-13-7-14(18)3-4-15(13)17/h3-7,20H,8-9H2,1-2H3. The number of aryl methyl sites for hydroxylation is 2. The lowest BCUT2D eigenvalue weighted by Crippen LogP contribution is -2.13. The molecule has 0 radical (unpaired) electrons. The zero-order chi connectivity index (χ0) is 14.7. The lowest BCUT2D eigenvalue weighted by molar-refractivity contribution is 0.605. The SMILES string of the molecule is Cc1cc(CNCc2cc(F)ccc2Br)cc(C)c1F. The Morgan fingerprint density at radius 1 is 1.00 bits per heavy atom. The molecule has 2 aromatic carbocycles. The van der Waals surface area contributed by atoms with E-state index in [-0.39, 0.29) is 11.6 Å². The maximum atomic E-state index is 13.5. The van der Waals surface area contributed by atoms with Gasteiger partial charge in [-0.1, -0.05) is 28.1 Å². The van der Waals surface area contributed by atoms with Gasteiger partial charge in [-0.05, 0) is 54.3 Å². The molecule has 0 bridgehead atoms. The van der Waals surface area contributed by atoms with Gasteiger partial charge in [-0.15, -0.1) is 0 Å². The van der Waals surface area contributed by atoms with Gasteiger partial charge in [0.25, 0.3) is 0 Å². The van der Waals surface area contributed by atoms with E-state index in [9.17, 15) is 8.78 Å². The molecule has 0 atom stereocenters. The maximum absolute atomic E-state index is 13.5. The van der Waals surface area contributed by atoms with Crippen LogP contribution in [0.5, 0.6) is 0 Å². The van der Waals surface area contributed by atoms with E-state index in [1.165, 1.54) is 12.1 Å². The Bertz CT molecular complexity index is 603. The first-order valence-electron chi connectivity index (χ1n) is 6.37. The lowest BCUT2D eigenvalue weighted by atomic mass is 10.1. The molecule has 0 unspecified atom stereocenters. The van der Waals surface area contributed by atoms with Crippen molar-refractivity contribution in [2.24, 2.45) is 0 Å². The summed E-state index contributed by atoms with van der Waals surface area (Å²) in [5.41, 5.74) is 3.18. The molecule has 0 heterocycles. The van der Waals surface area contributed by atoms with Crippen LogP contribution in [0.4, 0.5) is 8.78 Å². The van der Waals surface area contributed by atoms with Gasteiger partial charge in [0, 0.05) is 17.6 Å². The summed E-state index contributed by atoms with van der Waals surface area (Å²) in [6, 6.07) is 8.27. The summed E-state index contributed by atoms with van der Waals surface area (Å²) in [6.45, 7) is 4.68. The molecule has 2 rings (SSSR count). The summed E-state index contributed by atoms with van der Waals surface area (Å²) in [7, 11) is 0. The summed E-state index contributed by atoms with van der Waals surface area (Å²) >= 11 is 3.39. The van der Waals surface area contributed by atoms with Gasteiger partial charge < -0.3 is 5.32 Å². The molecule has 1 nitrogen and oxygen atoms in total. The van der Waals surface area contributed by atoms with Crippen LogP contribution in [0.15, 0.2) is 34.8 Å². The largest absolute Gasteiger partial charge is 0.309 e. The first-order valence-corrected chi connectivity index (χ1v) is 7.17. The van der Waals surface area contributed by atoms with Gasteiger partial charge in [-0.25, -0.2) is 8.78 Å². The molecule has 0 aliphatic rings. The van der Waals surface area contributed by atoms with Crippen molar-refractivity contribution in [2.75, 3.05) is 0 Å². The van der Waals surface area contributed by atoms with Gasteiger partial charge >= 0.3 is 0 Å². The second-order valence-electron chi connectivity index (χ2n) is 4.88. The molecule has 106 valence electrons. The van der Waals surface area contributed by atoms with E-state index in [1.54, 1.807) is 19.9 Å². The Hall–Kier alpha value is -1.26. The monoisotopic (exact) mass is 339 g/mol. The zero-order valence-electron chi connectivity index (χ0n) is 11.4. The van der Waals surface area contributed by atoms with Crippen molar-refractivity contribution in [3.05, 3.63) is 68.7 Å². The van der Waals surface area contributed by atoms with Gasteiger partial charge in [0.1, 0.15) is 11.6 Å². The molecule has 0 aliphatic heterocycles. The first-order chi connectivity index (χ1) is 9.47. The van der Waals surface area contributed by atoms with Gasteiger partial charge in [-0.3, -0.25) is 0 Å². The van der Waals surface area contributed by atoms with Crippen LogP contribution in [-0.2, 0) is 13.1 Å². The molecular weight excluding hydrogens is 324 g/mol. The smallest absolute Gasteiger partial charge is 0.129 e. The van der Waals surface area contributed by atoms with Gasteiger partial charge in [0.2, 0.25) is 0 Å². The minimum absolute atomic E-state index is 0.151. The molecule has 0 aromatic heterocycles. The maximum Gasteiger partial charge on any atom is 0.129 e. The summed E-state index contributed by atoms with van der Waals surface area (Å²) in [5, 5.41) is 3.24. The highest BCUT2D eigenvalue weighted by Gasteiger charge is 2.05. The van der Waals surface area contributed by atoms with Gasteiger partial charge in [0.05, 0.1) is 0 Å². The van der Waals surface area contributed by atoms with Crippen LogP contribution in [0.3, 0.4) is 0 Å². The fourth-order valence-electron chi connectivity index (χ4n) is 2.16. The average Bonchev–Trinajstić information content (AvgIpc) is 2.40. The van der Waals surface area contributed by atoms with Crippen LogP contribution in [0.25, 0.3) is 0 Å². The van der Waals surface area contributed by atoms with Crippen molar-refractivity contribution in [3.63, 3.8) is 0 Å². The van der Waals surface area contributed by atoms with Crippen molar-refractivity contribution >= 4 is 15.9 Å². The quantitative estimate of drug-likeness (QED) is 0.855. The summed E-state index contributed by atoms with van der Waals surface area (Å²) in [4.78, 5) is 0. The molecule has 0 spiro atoms. The van der Waals surface area contributed by atoms with Crippen molar-refractivity contribution in [1.29, 1.82) is 0 Å². The van der Waals surface area contributed by atoms with E-state index in [0.717, 1.165) is 15.6 Å². The second kappa shape index (κ2) is 6.46. The number of benzene rings is 2. The van der Waals surface area contributed by atoms with Gasteiger partial charge in [-0.2, -0.15) is 0 Å². The third-order valence-corrected chi connectivity index (χ3v) is 3.92. The molecule has 20 heavy (non-hydrogen) atoms. The minimum Gasteiger partial charge on any atom is -0.309 e. The van der Waals surface area contributed by atoms with Crippen LogP contribution in [0, 0.1) is 25.5 Å². The third kappa shape index (κ3) is 3.64. The number of rotatable bonds is 4. The van der Waals surface area contributed by atoms with E-state index in [2.05, 4.69) is 21.2 Å². The Kier molecular flexibility index (Phi) is 4.89. The Morgan fingerprint density at radius 3 is 2.30 bits per heavy atom. The van der Waals surface area contributed by atoms with Crippen molar-refractivity contribution in [3.8, 4) is 0 Å². The van der Waals surface area contributed by atoms with Crippen LogP contribution < -0.4 is 5.32 Å². The van der Waals surface area contributed by atoms with E-state index < -0.39 is 0 Å². The molecule has 0 amide bonds. The molecule has 0 saturated carbocycles. The highest BCUT2D eigenvalue weighted by Crippen LogP contribution is 2.18. The van der Waals surface area contributed by atoms with E-state index >= 15 is 0 Å². The highest BCUT2D eigenvalue weighted by atomic mass is 79.9. The highest BCUT2D eigenvalue weighted by molar-refractivity contribution is 9.10. The number of nitrogens with one attached hydrogen (secondary N) is 1. The molecule has 0 fully saturated rings. The Morgan fingerprint density at radius 2 is 1.65 bits per heavy atom. The van der Waals surface area contributed by atoms with Crippen LogP contribution >= 0.6 is 15.9 Å². The first kappa shape index (κ1) is 15.1. The van der Waals surface area contributed by atoms with Crippen LogP contribution in [0.1, 0.15) is 22.3 Å². The molecule has 0 saturated heterocycles. The third-order valence-electron chi connectivity index (χ3n) is 3.15. The fraction of sp³-hybridized carbons (Fsp3) is 0.250. The topological polar surface area (TPSA) is 12.0 Å². The van der Waals surface area contributed by atoms with E-state index in [1.807, 2.05) is 12.1 Å². The van der Waals surface area contributed by atoms with E-state index in [0.29, 0.717) is 24.2 Å². The van der Waals surface area contributed by atoms with Crippen molar-refractivity contribution in [2.45, 2.75) is 26.9 Å². The molecular formula is C16H16BrF2N. The van der Waals surface area contributed by atoms with Crippen molar-refractivity contribution < 1.29 is 8.78 Å². The molecule has 1 N–H and O–H groups in total. The van der Waals surface area contributed by atoms with Crippen LogP contribution in [0.2, 0.25) is 0 Å². The average molecular weight is 340 g/mol. The number of halogens is 3. The minimum atomic E-state index is -0.251. The lowest BCUT2D eigenvalue weighted by Gasteiger charge is -2.09. The van der Waals surface area contributed by atoms with E-state index in [4.69, 9.17) is 0 Å². The Balaban J connectivity index is 2.01. The Labute approximate surface area is 126 Å². The zero-order valence-corrected chi connectivity index (χ0v) is 13.0. The second-order valence-corrected chi connectivity index (χ2v) is 5.74. The summed E-state index contributed by atoms with van der Waals surface area (Å²) < 4.78 is 27.6. The fourth-order valence-corrected chi connectivity index (χ4v) is 2.54. The van der Waals surface area contributed by atoms with Gasteiger partial charge in [0.15, 0.2) is 0 Å². The number of hydrogen-bond donors (Lipinski definition) is 1. The predicted molar refractivity (Wildman–Crippen MR) is 80.5 cm³/mol. The van der Waals surface area contributed by atoms with Crippen molar-refractivity contribution in [1.82, 2.24) is 5.32 Å². The molecule has 0 aliphatic carbocycles.